The molecule has 1 unspecified atom stereocenters. The molecular formula is C27H30N3O5+. The van der Waals surface area contributed by atoms with Crippen molar-refractivity contribution in [2.75, 3.05) is 18.4 Å². The third kappa shape index (κ3) is 3.92. The lowest BCUT2D eigenvalue weighted by atomic mass is 9.78. The fourth-order valence-corrected chi connectivity index (χ4v) is 5.66. The molecule has 3 aliphatic rings. The molecule has 8 heteroatoms. The van der Waals surface area contributed by atoms with Gasteiger partial charge < -0.3 is 14.4 Å². The molecule has 3 fully saturated rings. The number of rotatable bonds is 5. The zero-order valence-corrected chi connectivity index (χ0v) is 19.9. The zero-order chi connectivity index (χ0) is 24.6. The Kier molecular flexibility index (Phi) is 5.94. The standard InChI is InChI=1S/C27H29N3O5/c1-18-17-23(29-35-18)28-26(32)30-15-13-20(14-16-30)24(19(30)2)34-25(31)27(33,21-9-5-3-6-10-21)22-11-7-4-8-12-22/h3-12,17,19-20,24,33H,13-16H2,1-2H3/p+1/t19-,20?,24?,30?/m1/s1. The Balaban J connectivity index is 1.43. The number of aryl methyl sites for hydroxylation is 1. The number of hydrogen-bond acceptors (Lipinski definition) is 6. The van der Waals surface area contributed by atoms with Crippen LogP contribution in [0.15, 0.2) is 71.3 Å². The first kappa shape index (κ1) is 23.3. The van der Waals surface area contributed by atoms with Crippen molar-refractivity contribution in [2.24, 2.45) is 5.92 Å². The summed E-state index contributed by atoms with van der Waals surface area (Å²) < 4.78 is 11.4. The van der Waals surface area contributed by atoms with Gasteiger partial charge in [0.2, 0.25) is 5.60 Å². The molecule has 8 nitrogen and oxygen atoms in total. The summed E-state index contributed by atoms with van der Waals surface area (Å²) in [5.41, 5.74) is -1.08. The highest BCUT2D eigenvalue weighted by molar-refractivity contribution is 5.86. The molecule has 35 heavy (non-hydrogen) atoms. The molecule has 2 bridgehead atoms. The molecule has 2 atom stereocenters. The summed E-state index contributed by atoms with van der Waals surface area (Å²) in [7, 11) is 0. The highest BCUT2D eigenvalue weighted by Gasteiger charge is 2.58. The number of piperidine rings is 3. The van der Waals surface area contributed by atoms with Crippen LogP contribution in [0.4, 0.5) is 10.6 Å². The fraction of sp³-hybridized carbons (Fsp3) is 0.370. The number of ether oxygens (including phenoxy) is 1. The van der Waals surface area contributed by atoms with Crippen LogP contribution in [-0.2, 0) is 15.1 Å². The van der Waals surface area contributed by atoms with Gasteiger partial charge in [0, 0.05) is 24.8 Å². The first-order valence-electron chi connectivity index (χ1n) is 12.0. The van der Waals surface area contributed by atoms with Crippen molar-refractivity contribution in [3.63, 3.8) is 0 Å². The largest absolute Gasteiger partial charge is 0.453 e. The van der Waals surface area contributed by atoms with Gasteiger partial charge in [-0.2, -0.15) is 0 Å². The van der Waals surface area contributed by atoms with Gasteiger partial charge >= 0.3 is 12.0 Å². The minimum Gasteiger partial charge on any atom is -0.453 e. The number of hydrogen-bond donors (Lipinski definition) is 2. The Morgan fingerprint density at radius 3 is 2.14 bits per heavy atom. The van der Waals surface area contributed by atoms with Crippen LogP contribution in [0.5, 0.6) is 0 Å². The van der Waals surface area contributed by atoms with Crippen LogP contribution in [0.3, 0.4) is 0 Å². The van der Waals surface area contributed by atoms with E-state index < -0.39 is 17.7 Å². The molecule has 2 amide bonds. The molecule has 3 aromatic rings. The molecular weight excluding hydrogens is 446 g/mol. The van der Waals surface area contributed by atoms with E-state index in [-0.39, 0.29) is 22.5 Å². The van der Waals surface area contributed by atoms with Crippen molar-refractivity contribution in [3.05, 3.63) is 83.6 Å². The van der Waals surface area contributed by atoms with Gasteiger partial charge in [-0.25, -0.2) is 14.1 Å². The lowest BCUT2D eigenvalue weighted by Crippen LogP contribution is -2.72. The fourth-order valence-electron chi connectivity index (χ4n) is 5.66. The van der Waals surface area contributed by atoms with Gasteiger partial charge in [-0.3, -0.25) is 5.32 Å². The van der Waals surface area contributed by atoms with Gasteiger partial charge in [0.25, 0.3) is 0 Å². The molecule has 4 heterocycles. The van der Waals surface area contributed by atoms with E-state index in [4.69, 9.17) is 9.26 Å². The molecule has 0 radical (unpaired) electrons. The molecule has 3 aliphatic heterocycles. The summed E-state index contributed by atoms with van der Waals surface area (Å²) in [6, 6.07) is 18.9. The quantitative estimate of drug-likeness (QED) is 0.427. The number of anilines is 1. The van der Waals surface area contributed by atoms with Crippen LogP contribution >= 0.6 is 0 Å². The Hall–Kier alpha value is -3.49. The molecule has 1 aromatic heterocycles. The summed E-state index contributed by atoms with van der Waals surface area (Å²) >= 11 is 0. The number of nitrogens with one attached hydrogen (secondary N) is 1. The second-order valence-corrected chi connectivity index (χ2v) is 9.62. The van der Waals surface area contributed by atoms with Gasteiger partial charge in [0.15, 0.2) is 11.9 Å². The van der Waals surface area contributed by atoms with Crippen LogP contribution in [0.25, 0.3) is 0 Å². The number of esters is 1. The second-order valence-electron chi connectivity index (χ2n) is 9.62. The molecule has 6 rings (SSSR count). The van der Waals surface area contributed by atoms with Crippen molar-refractivity contribution < 1.29 is 28.4 Å². The third-order valence-corrected chi connectivity index (χ3v) is 7.71. The van der Waals surface area contributed by atoms with Crippen molar-refractivity contribution in [1.82, 2.24) is 5.16 Å². The van der Waals surface area contributed by atoms with E-state index in [9.17, 15) is 14.7 Å². The summed E-state index contributed by atoms with van der Waals surface area (Å²) in [6.45, 7) is 5.02. The topological polar surface area (TPSA) is 102 Å². The summed E-state index contributed by atoms with van der Waals surface area (Å²) in [4.78, 5) is 27.1. The van der Waals surface area contributed by atoms with Crippen molar-refractivity contribution in [1.29, 1.82) is 0 Å². The molecule has 0 spiro atoms. The van der Waals surface area contributed by atoms with Crippen LogP contribution in [0, 0.1) is 12.8 Å². The minimum absolute atomic E-state index is 0.131. The number of urea groups is 1. The first-order valence-corrected chi connectivity index (χ1v) is 12.0. The van der Waals surface area contributed by atoms with E-state index in [0.29, 0.717) is 35.8 Å². The molecule has 0 aliphatic carbocycles. The van der Waals surface area contributed by atoms with Crippen LogP contribution in [0.1, 0.15) is 36.7 Å². The van der Waals surface area contributed by atoms with E-state index in [1.54, 1.807) is 61.5 Å². The SMILES string of the molecule is Cc1cc(NC(=O)[N+]23CCC(CC2)C(OC(=O)C(O)(c2ccccc2)c2ccccc2)[C@H]3C)no1. The molecule has 2 aromatic carbocycles. The summed E-state index contributed by atoms with van der Waals surface area (Å²) in [6.07, 6.45) is 0.999. The number of nitrogens with zero attached hydrogens (tertiary/aromatic N) is 2. The summed E-state index contributed by atoms with van der Waals surface area (Å²) in [5.74, 6) is 0.382. The number of carbonyl (C=O) groups excluding carboxylic acids is 2. The second kappa shape index (κ2) is 8.94. The average molecular weight is 477 g/mol. The van der Waals surface area contributed by atoms with E-state index >= 15 is 0 Å². The molecule has 182 valence electrons. The number of aromatic nitrogens is 1. The van der Waals surface area contributed by atoms with Gasteiger partial charge in [-0.15, -0.1) is 0 Å². The lowest BCUT2D eigenvalue weighted by Gasteiger charge is -2.54. The van der Waals surface area contributed by atoms with Crippen LogP contribution in [0.2, 0.25) is 0 Å². The zero-order valence-electron chi connectivity index (χ0n) is 19.9. The van der Waals surface area contributed by atoms with Crippen LogP contribution < -0.4 is 5.32 Å². The Morgan fingerprint density at radius 1 is 1.06 bits per heavy atom. The lowest BCUT2D eigenvalue weighted by molar-refractivity contribution is -0.893. The highest BCUT2D eigenvalue weighted by atomic mass is 16.6. The maximum Gasteiger partial charge on any atom is 0.422 e. The van der Waals surface area contributed by atoms with Crippen molar-refractivity contribution >= 4 is 17.8 Å². The van der Waals surface area contributed by atoms with Crippen molar-refractivity contribution in [3.8, 4) is 0 Å². The summed E-state index contributed by atoms with van der Waals surface area (Å²) in [5, 5.41) is 18.6. The third-order valence-electron chi connectivity index (χ3n) is 7.71. The number of benzene rings is 2. The number of fused-ring (bicyclic) bond motifs is 3. The van der Waals surface area contributed by atoms with Gasteiger partial charge in [0.1, 0.15) is 11.8 Å². The molecule has 3 saturated heterocycles. The van der Waals surface area contributed by atoms with Gasteiger partial charge in [0.05, 0.1) is 13.1 Å². The Morgan fingerprint density at radius 2 is 1.63 bits per heavy atom. The first-order chi connectivity index (χ1) is 16.8. The normalized spacial score (nSPS) is 25.7. The maximum absolute atomic E-state index is 13.7. The van der Waals surface area contributed by atoms with E-state index in [1.807, 2.05) is 19.1 Å². The number of carbonyl (C=O) groups is 2. The van der Waals surface area contributed by atoms with Gasteiger partial charge in [-0.05, 0) is 25.0 Å². The minimum atomic E-state index is -1.96. The van der Waals surface area contributed by atoms with E-state index in [0.717, 1.165) is 12.8 Å². The smallest absolute Gasteiger partial charge is 0.422 e. The highest BCUT2D eigenvalue weighted by Crippen LogP contribution is 2.42. The average Bonchev–Trinajstić information content (AvgIpc) is 3.31. The molecule has 0 saturated carbocycles. The monoisotopic (exact) mass is 476 g/mol. The number of amides is 2. The predicted octanol–water partition coefficient (Wildman–Crippen LogP) is 3.99. The van der Waals surface area contributed by atoms with Crippen molar-refractivity contribution in [2.45, 2.75) is 44.4 Å². The van der Waals surface area contributed by atoms with Crippen LogP contribution in [-0.4, -0.2) is 52.0 Å². The maximum atomic E-state index is 13.7. The van der Waals surface area contributed by atoms with E-state index in [2.05, 4.69) is 10.5 Å². The Bertz CT molecular complexity index is 1160. The predicted molar refractivity (Wildman–Crippen MR) is 128 cm³/mol. The number of aliphatic hydroxyl groups is 1. The number of quaternary nitrogens is 1. The Labute approximate surface area is 204 Å². The van der Waals surface area contributed by atoms with Gasteiger partial charge in [-0.1, -0.05) is 65.8 Å². The van der Waals surface area contributed by atoms with E-state index in [1.165, 1.54) is 0 Å². The molecule has 2 N–H and O–H groups in total.